The van der Waals surface area contributed by atoms with E-state index in [1.54, 1.807) is 0 Å². The molecule has 3 aliphatic rings. The fourth-order valence-electron chi connectivity index (χ4n) is 4.21. The van der Waals surface area contributed by atoms with Crippen LogP contribution in [0.15, 0.2) is 24.3 Å². The fourth-order valence-corrected chi connectivity index (χ4v) is 4.21. The van der Waals surface area contributed by atoms with Crippen molar-refractivity contribution in [3.8, 4) is 5.75 Å². The third-order valence-corrected chi connectivity index (χ3v) is 5.78. The normalized spacial score (nSPS) is 28.8. The van der Waals surface area contributed by atoms with Crippen LogP contribution in [0.1, 0.15) is 30.9 Å². The van der Waals surface area contributed by atoms with Crippen LogP contribution in [-0.2, 0) is 4.79 Å². The van der Waals surface area contributed by atoms with E-state index in [0.717, 1.165) is 24.4 Å². The van der Waals surface area contributed by atoms with Crippen LogP contribution in [0.5, 0.6) is 5.75 Å². The highest BCUT2D eigenvalue weighted by molar-refractivity contribution is 5.82. The molecule has 6 nitrogen and oxygen atoms in total. The quantitative estimate of drug-likeness (QED) is 0.858. The van der Waals surface area contributed by atoms with Crippen molar-refractivity contribution in [2.45, 2.75) is 31.3 Å². The zero-order valence-corrected chi connectivity index (χ0v) is 14.9. The van der Waals surface area contributed by atoms with Gasteiger partial charge in [-0.15, -0.1) is 0 Å². The first-order valence-electron chi connectivity index (χ1n) is 9.44. The maximum Gasteiger partial charge on any atom is 0.241 e. The van der Waals surface area contributed by atoms with Crippen LogP contribution < -0.4 is 15.6 Å². The lowest BCUT2D eigenvalue weighted by Crippen LogP contribution is -2.49. The van der Waals surface area contributed by atoms with Gasteiger partial charge in [0.2, 0.25) is 5.91 Å². The largest absolute Gasteiger partial charge is 0.493 e. The molecule has 0 spiro atoms. The highest BCUT2D eigenvalue weighted by Crippen LogP contribution is 2.39. The SMILES string of the molecule is CN(CCN1CCCCC1)C(=O)C1NNC2c3ccccc3OCC12. The standard InChI is InChI=1S/C19H28N4O2/c1-22(11-12-23-9-5-2-6-10-23)19(24)18-15-13-25-16-8-4-3-7-14(16)17(15)20-21-18/h3-4,7-8,15,17-18,20-21H,2,5-6,9-13H2,1H3. The summed E-state index contributed by atoms with van der Waals surface area (Å²) in [6.07, 6.45) is 3.91. The number of nitrogens with zero attached hydrogens (tertiary/aromatic N) is 2. The number of carbonyl (C=O) groups is 1. The maximum atomic E-state index is 12.9. The third kappa shape index (κ3) is 3.38. The van der Waals surface area contributed by atoms with Crippen molar-refractivity contribution in [3.63, 3.8) is 0 Å². The van der Waals surface area contributed by atoms with Gasteiger partial charge in [-0.2, -0.15) is 0 Å². The van der Waals surface area contributed by atoms with Crippen molar-refractivity contribution in [3.05, 3.63) is 29.8 Å². The summed E-state index contributed by atoms with van der Waals surface area (Å²) in [5.41, 5.74) is 7.68. The van der Waals surface area contributed by atoms with E-state index in [2.05, 4.69) is 21.8 Å². The van der Waals surface area contributed by atoms with Gasteiger partial charge in [0.1, 0.15) is 11.8 Å². The number of carbonyl (C=O) groups excluding carboxylic acids is 1. The predicted molar refractivity (Wildman–Crippen MR) is 96.2 cm³/mol. The van der Waals surface area contributed by atoms with E-state index in [4.69, 9.17) is 4.74 Å². The molecule has 4 rings (SSSR count). The van der Waals surface area contributed by atoms with Crippen LogP contribution in [0.2, 0.25) is 0 Å². The third-order valence-electron chi connectivity index (χ3n) is 5.78. The molecule has 0 bridgehead atoms. The van der Waals surface area contributed by atoms with E-state index in [-0.39, 0.29) is 23.9 Å². The van der Waals surface area contributed by atoms with Crippen molar-refractivity contribution in [2.24, 2.45) is 5.92 Å². The average molecular weight is 344 g/mol. The number of amides is 1. The van der Waals surface area contributed by atoms with E-state index in [9.17, 15) is 4.79 Å². The molecule has 3 heterocycles. The van der Waals surface area contributed by atoms with E-state index in [0.29, 0.717) is 6.61 Å². The van der Waals surface area contributed by atoms with E-state index >= 15 is 0 Å². The number of piperidine rings is 1. The van der Waals surface area contributed by atoms with Gasteiger partial charge in [-0.1, -0.05) is 24.6 Å². The molecule has 3 aliphatic heterocycles. The number of para-hydroxylation sites is 1. The van der Waals surface area contributed by atoms with Gasteiger partial charge in [-0.05, 0) is 32.0 Å². The molecular weight excluding hydrogens is 316 g/mol. The van der Waals surface area contributed by atoms with E-state index in [1.165, 1.54) is 32.4 Å². The Kier molecular flexibility index (Phi) is 4.92. The lowest BCUT2D eigenvalue weighted by molar-refractivity contribution is -0.133. The van der Waals surface area contributed by atoms with E-state index < -0.39 is 0 Å². The Balaban J connectivity index is 1.36. The Bertz CT molecular complexity index is 617. The number of benzene rings is 1. The summed E-state index contributed by atoms with van der Waals surface area (Å²) >= 11 is 0. The zero-order valence-electron chi connectivity index (χ0n) is 14.9. The highest BCUT2D eigenvalue weighted by atomic mass is 16.5. The molecule has 0 aliphatic carbocycles. The molecule has 0 radical (unpaired) electrons. The number of fused-ring (bicyclic) bond motifs is 3. The molecule has 1 aromatic carbocycles. The second-order valence-electron chi connectivity index (χ2n) is 7.42. The Morgan fingerprint density at radius 1 is 1.24 bits per heavy atom. The molecule has 1 aromatic rings. The van der Waals surface area contributed by atoms with Gasteiger partial charge in [0.05, 0.1) is 12.6 Å². The molecule has 2 saturated heterocycles. The molecule has 0 aromatic heterocycles. The Morgan fingerprint density at radius 3 is 2.88 bits per heavy atom. The first-order chi connectivity index (χ1) is 12.2. The first-order valence-corrected chi connectivity index (χ1v) is 9.44. The van der Waals surface area contributed by atoms with Crippen molar-refractivity contribution in [1.29, 1.82) is 0 Å². The summed E-state index contributed by atoms with van der Waals surface area (Å²) in [7, 11) is 1.92. The monoisotopic (exact) mass is 344 g/mol. The first kappa shape index (κ1) is 16.8. The smallest absolute Gasteiger partial charge is 0.241 e. The number of likely N-dealkylation sites (tertiary alicyclic amines) is 1. The van der Waals surface area contributed by atoms with E-state index in [1.807, 2.05) is 30.1 Å². The summed E-state index contributed by atoms with van der Waals surface area (Å²) in [5.74, 6) is 1.20. The van der Waals surface area contributed by atoms with Crippen LogP contribution in [0.3, 0.4) is 0 Å². The van der Waals surface area contributed by atoms with Crippen LogP contribution >= 0.6 is 0 Å². The van der Waals surface area contributed by atoms with Gasteiger partial charge in [-0.25, -0.2) is 10.9 Å². The van der Waals surface area contributed by atoms with Gasteiger partial charge in [0.25, 0.3) is 0 Å². The Labute approximate surface area is 149 Å². The van der Waals surface area contributed by atoms with Gasteiger partial charge in [-0.3, -0.25) is 4.79 Å². The maximum absolute atomic E-state index is 12.9. The lowest BCUT2D eigenvalue weighted by Gasteiger charge is -2.32. The van der Waals surface area contributed by atoms with Crippen molar-refractivity contribution in [1.82, 2.24) is 20.7 Å². The highest BCUT2D eigenvalue weighted by Gasteiger charge is 2.45. The number of hydrogen-bond acceptors (Lipinski definition) is 5. The van der Waals surface area contributed by atoms with Gasteiger partial charge >= 0.3 is 0 Å². The minimum atomic E-state index is -0.232. The van der Waals surface area contributed by atoms with Gasteiger partial charge < -0.3 is 14.5 Å². The molecule has 3 atom stereocenters. The molecule has 2 fully saturated rings. The predicted octanol–water partition coefficient (Wildman–Crippen LogP) is 1.16. The van der Waals surface area contributed by atoms with Crippen molar-refractivity contribution >= 4 is 5.91 Å². The summed E-state index contributed by atoms with van der Waals surface area (Å²) in [6.45, 7) is 4.65. The second-order valence-corrected chi connectivity index (χ2v) is 7.42. The summed E-state index contributed by atoms with van der Waals surface area (Å²) < 4.78 is 5.89. The second kappa shape index (κ2) is 7.32. The Hall–Kier alpha value is -1.63. The zero-order chi connectivity index (χ0) is 17.2. The van der Waals surface area contributed by atoms with Gasteiger partial charge in [0.15, 0.2) is 0 Å². The summed E-state index contributed by atoms with van der Waals surface area (Å²) in [5, 5.41) is 0. The fraction of sp³-hybridized carbons (Fsp3) is 0.632. The van der Waals surface area contributed by atoms with Crippen LogP contribution in [0.4, 0.5) is 0 Å². The topological polar surface area (TPSA) is 56.8 Å². The number of rotatable bonds is 4. The number of hydrogen-bond donors (Lipinski definition) is 2. The molecule has 2 N–H and O–H groups in total. The lowest BCUT2D eigenvalue weighted by atomic mass is 9.87. The number of ether oxygens (including phenoxy) is 1. The molecule has 0 saturated carbocycles. The molecule has 136 valence electrons. The van der Waals surface area contributed by atoms with Crippen LogP contribution in [-0.4, -0.2) is 61.6 Å². The average Bonchev–Trinajstić information content (AvgIpc) is 3.11. The molecular formula is C19H28N4O2. The number of likely N-dealkylation sites (N-methyl/N-ethyl adjacent to an activating group) is 1. The Morgan fingerprint density at radius 2 is 2.04 bits per heavy atom. The minimum absolute atomic E-state index is 0.125. The molecule has 25 heavy (non-hydrogen) atoms. The molecule has 3 unspecified atom stereocenters. The molecule has 1 amide bonds. The van der Waals surface area contributed by atoms with Gasteiger partial charge in [0, 0.05) is 31.6 Å². The van der Waals surface area contributed by atoms with Crippen molar-refractivity contribution in [2.75, 3.05) is 39.8 Å². The minimum Gasteiger partial charge on any atom is -0.493 e. The number of nitrogens with one attached hydrogen (secondary N) is 2. The van der Waals surface area contributed by atoms with Crippen molar-refractivity contribution < 1.29 is 9.53 Å². The molecule has 6 heteroatoms. The summed E-state index contributed by atoms with van der Waals surface area (Å²) in [6, 6.07) is 7.98. The van der Waals surface area contributed by atoms with Crippen LogP contribution in [0, 0.1) is 5.92 Å². The number of hydrazine groups is 1. The summed E-state index contributed by atoms with van der Waals surface area (Å²) in [4.78, 5) is 17.3. The van der Waals surface area contributed by atoms with Crippen LogP contribution in [0.25, 0.3) is 0 Å².